The number of methoxy groups -OCH3 is 2. The van der Waals surface area contributed by atoms with Crippen molar-refractivity contribution in [2.75, 3.05) is 14.2 Å². The molecule has 260 valence electrons. The highest BCUT2D eigenvalue weighted by Gasteiger charge is 2.38. The summed E-state index contributed by atoms with van der Waals surface area (Å²) in [5.41, 5.74) is -0.0910. The predicted molar refractivity (Wildman–Crippen MR) is 154 cm³/mol. The number of carbonyl (C=O) groups is 3. The molecule has 48 heavy (non-hydrogen) atoms. The number of ketones is 1. The van der Waals surface area contributed by atoms with Crippen LogP contribution in [0, 0.1) is 5.92 Å². The van der Waals surface area contributed by atoms with Gasteiger partial charge in [0.05, 0.1) is 19.8 Å². The number of alkyl halides is 6. The second-order valence-electron chi connectivity index (χ2n) is 10.0. The Morgan fingerprint density at radius 2 is 1.46 bits per heavy atom. The van der Waals surface area contributed by atoms with E-state index in [-0.39, 0.29) is 46.4 Å². The second kappa shape index (κ2) is 16.3. The first-order chi connectivity index (χ1) is 22.6. The van der Waals surface area contributed by atoms with Gasteiger partial charge in [-0.3, -0.25) is 9.59 Å². The molecule has 2 aromatic carbocycles. The number of para-hydroxylation sites is 2. The Balaban J connectivity index is 0.000000215. The van der Waals surface area contributed by atoms with E-state index in [9.17, 15) is 40.7 Å². The van der Waals surface area contributed by atoms with Gasteiger partial charge in [-0.25, -0.2) is 4.79 Å². The van der Waals surface area contributed by atoms with Crippen molar-refractivity contribution in [1.82, 2.24) is 5.16 Å². The summed E-state index contributed by atoms with van der Waals surface area (Å²) in [7, 11) is 2.48. The highest BCUT2D eigenvalue weighted by Crippen LogP contribution is 2.45. The lowest BCUT2D eigenvalue weighted by molar-refractivity contribution is -0.275. The fourth-order valence-corrected chi connectivity index (χ4v) is 4.11. The van der Waals surface area contributed by atoms with Gasteiger partial charge in [-0.1, -0.05) is 46.2 Å². The average molecular weight is 709 g/mol. The summed E-state index contributed by atoms with van der Waals surface area (Å²) < 4.78 is 95.3. The molecular formula is C30H27ClF6N2O9. The van der Waals surface area contributed by atoms with E-state index in [1.165, 1.54) is 50.6 Å². The zero-order chi connectivity index (χ0) is 35.6. The van der Waals surface area contributed by atoms with Crippen LogP contribution in [-0.2, 0) is 19.1 Å². The maximum Gasteiger partial charge on any atom is 0.573 e. The molecule has 0 atom stereocenters. The third-order valence-electron chi connectivity index (χ3n) is 6.43. The van der Waals surface area contributed by atoms with E-state index in [1.807, 2.05) is 0 Å². The molecule has 2 fully saturated rings. The number of oxime groups is 1. The lowest BCUT2D eigenvalue weighted by atomic mass is 10.0. The summed E-state index contributed by atoms with van der Waals surface area (Å²) in [4.78, 5) is 33.4. The quantitative estimate of drug-likeness (QED) is 0.0596. The topological polar surface area (TPSA) is 147 Å². The second-order valence-corrected chi connectivity index (χ2v) is 10.4. The minimum absolute atomic E-state index is 0.0147. The summed E-state index contributed by atoms with van der Waals surface area (Å²) in [6.45, 7) is 0. The molecule has 0 saturated heterocycles. The van der Waals surface area contributed by atoms with Crippen molar-refractivity contribution in [3.63, 3.8) is 0 Å². The van der Waals surface area contributed by atoms with Crippen molar-refractivity contribution < 1.29 is 69.4 Å². The number of benzene rings is 2. The smallest absolute Gasteiger partial charge is 0.469 e. The van der Waals surface area contributed by atoms with Gasteiger partial charge < -0.3 is 28.7 Å². The molecule has 0 radical (unpaired) electrons. The molecule has 5 rings (SSSR count). The third kappa shape index (κ3) is 11.5. The van der Waals surface area contributed by atoms with Crippen LogP contribution < -0.4 is 9.47 Å². The summed E-state index contributed by atoms with van der Waals surface area (Å²) in [6, 6.07) is 10.5. The number of rotatable bonds is 9. The molecule has 0 spiro atoms. The standard InChI is InChI=1S/C15H12F3NO4.C8H5ClF3NO2.C7H10O3/c1-21-14(20)11-12(19-23-13(11)8-6-7-8)9-4-2-3-5-10(9)22-15(16,17)18;9-7(13-14)5-3-1-2-4-6(5)15-8(10,11)12;1-10-7(9)4-6(8)5-2-3-5/h2-5,8H,6-7H2,1H3;1-4,14H;5H,2-4H2,1H3/b;13-7-;. The normalized spacial score (nSPS) is 14.4. The summed E-state index contributed by atoms with van der Waals surface area (Å²) >= 11 is 5.38. The first-order valence-electron chi connectivity index (χ1n) is 13.8. The van der Waals surface area contributed by atoms with Crippen molar-refractivity contribution in [2.24, 2.45) is 11.1 Å². The number of Topliss-reactive ketones (excluding diaryl/α,β-unsaturated/α-hetero) is 1. The van der Waals surface area contributed by atoms with E-state index < -0.39 is 41.3 Å². The van der Waals surface area contributed by atoms with Gasteiger partial charge in [0.25, 0.3) is 0 Å². The first-order valence-corrected chi connectivity index (χ1v) is 14.2. The van der Waals surface area contributed by atoms with Gasteiger partial charge in [-0.05, 0) is 49.9 Å². The van der Waals surface area contributed by atoms with Crippen LogP contribution in [0.2, 0.25) is 0 Å². The highest BCUT2D eigenvalue weighted by molar-refractivity contribution is 6.69. The van der Waals surface area contributed by atoms with Crippen molar-refractivity contribution in [2.45, 2.75) is 50.7 Å². The van der Waals surface area contributed by atoms with Gasteiger partial charge in [0.15, 0.2) is 10.9 Å². The molecule has 2 saturated carbocycles. The summed E-state index contributed by atoms with van der Waals surface area (Å²) in [6.07, 6.45) is -6.14. The molecule has 1 aromatic heterocycles. The van der Waals surface area contributed by atoms with Crippen LogP contribution >= 0.6 is 11.6 Å². The highest BCUT2D eigenvalue weighted by atomic mass is 35.5. The maximum atomic E-state index is 12.5. The molecule has 11 nitrogen and oxygen atoms in total. The van der Waals surface area contributed by atoms with Gasteiger partial charge >= 0.3 is 24.7 Å². The monoisotopic (exact) mass is 708 g/mol. The van der Waals surface area contributed by atoms with Crippen LogP contribution in [0.15, 0.2) is 58.2 Å². The van der Waals surface area contributed by atoms with E-state index in [0.29, 0.717) is 5.76 Å². The van der Waals surface area contributed by atoms with E-state index >= 15 is 0 Å². The van der Waals surface area contributed by atoms with Crippen LogP contribution in [0.1, 0.15) is 59.7 Å². The Kier molecular flexibility index (Phi) is 12.8. The molecule has 0 amide bonds. The first kappa shape index (κ1) is 37.7. The Labute approximate surface area is 273 Å². The Hall–Kier alpha value is -4.80. The van der Waals surface area contributed by atoms with Gasteiger partial charge in [0.2, 0.25) is 0 Å². The Morgan fingerprint density at radius 1 is 0.896 bits per heavy atom. The molecule has 2 aliphatic rings. The van der Waals surface area contributed by atoms with E-state index in [1.54, 1.807) is 0 Å². The number of esters is 2. The zero-order valence-corrected chi connectivity index (χ0v) is 25.8. The Morgan fingerprint density at radius 3 is 1.98 bits per heavy atom. The molecule has 0 aliphatic heterocycles. The van der Waals surface area contributed by atoms with Gasteiger partial charge in [0.1, 0.15) is 35.0 Å². The third-order valence-corrected chi connectivity index (χ3v) is 6.70. The fourth-order valence-electron chi connectivity index (χ4n) is 3.95. The molecule has 1 N–H and O–H groups in total. The molecule has 1 heterocycles. The van der Waals surface area contributed by atoms with Gasteiger partial charge in [0, 0.05) is 17.4 Å². The molecule has 0 unspecified atom stereocenters. The number of hydrogen-bond donors (Lipinski definition) is 1. The van der Waals surface area contributed by atoms with Crippen LogP contribution in [0.5, 0.6) is 11.5 Å². The molecule has 3 aromatic rings. The zero-order valence-electron chi connectivity index (χ0n) is 25.1. The number of hydrogen-bond acceptors (Lipinski definition) is 11. The largest absolute Gasteiger partial charge is 0.573 e. The minimum Gasteiger partial charge on any atom is -0.469 e. The van der Waals surface area contributed by atoms with Crippen LogP contribution in [0.25, 0.3) is 11.3 Å². The molecule has 18 heteroatoms. The molecule has 0 bridgehead atoms. The maximum absolute atomic E-state index is 12.5. The number of aromatic nitrogens is 1. The predicted octanol–water partition coefficient (Wildman–Crippen LogP) is 7.39. The summed E-state index contributed by atoms with van der Waals surface area (Å²) in [5.74, 6) is -1.52. The van der Waals surface area contributed by atoms with Crippen LogP contribution in [0.4, 0.5) is 26.3 Å². The average Bonchev–Trinajstić information content (AvgIpc) is 3.97. The number of halogens is 7. The van der Waals surface area contributed by atoms with Crippen molar-refractivity contribution >= 4 is 34.5 Å². The van der Waals surface area contributed by atoms with E-state index in [2.05, 4.69) is 24.5 Å². The SMILES string of the molecule is COC(=O)CC(=O)C1CC1.COC(=O)c1c(-c2ccccc2OC(F)(F)F)noc1C1CC1.O/N=C(\Cl)c1ccccc1OC(F)(F)F. The van der Waals surface area contributed by atoms with Gasteiger partial charge in [-0.15, -0.1) is 26.3 Å². The van der Waals surface area contributed by atoms with Crippen LogP contribution in [0.3, 0.4) is 0 Å². The fraction of sp³-hybridized carbons (Fsp3) is 0.367. The van der Waals surface area contributed by atoms with E-state index in [4.69, 9.17) is 26.1 Å². The molecular weight excluding hydrogens is 682 g/mol. The van der Waals surface area contributed by atoms with Crippen LogP contribution in [-0.4, -0.2) is 60.2 Å². The Bertz CT molecular complexity index is 1620. The lowest BCUT2D eigenvalue weighted by Gasteiger charge is -2.12. The number of carbonyl (C=O) groups excluding carboxylic acids is 3. The minimum atomic E-state index is -4.86. The molecule has 2 aliphatic carbocycles. The van der Waals surface area contributed by atoms with E-state index in [0.717, 1.165) is 37.8 Å². The van der Waals surface area contributed by atoms with Crippen molar-refractivity contribution in [3.8, 4) is 22.8 Å². The summed E-state index contributed by atoms with van der Waals surface area (Å²) in [5, 5.41) is 14.2. The van der Waals surface area contributed by atoms with Crippen molar-refractivity contribution in [3.05, 3.63) is 65.4 Å². The number of ether oxygens (including phenoxy) is 4. The lowest BCUT2D eigenvalue weighted by Crippen LogP contribution is -2.18. The van der Waals surface area contributed by atoms with Crippen molar-refractivity contribution in [1.29, 1.82) is 0 Å². The van der Waals surface area contributed by atoms with Gasteiger partial charge in [-0.2, -0.15) is 0 Å². The number of nitrogens with zero attached hydrogens (tertiary/aromatic N) is 2.